The van der Waals surface area contributed by atoms with Gasteiger partial charge in [0.05, 0.1) is 0 Å². The Morgan fingerprint density at radius 1 is 0.943 bits per heavy atom. The van der Waals surface area contributed by atoms with Gasteiger partial charge in [-0.3, -0.25) is 9.59 Å². The predicted octanol–water partition coefficient (Wildman–Crippen LogP) is 5.40. The van der Waals surface area contributed by atoms with Crippen molar-refractivity contribution in [2.75, 3.05) is 13.7 Å². The Balaban J connectivity index is 1.84. The predicted molar refractivity (Wildman–Crippen MR) is 141 cm³/mol. The molecule has 0 heterocycles. The van der Waals surface area contributed by atoms with E-state index in [4.69, 9.17) is 16.3 Å². The summed E-state index contributed by atoms with van der Waals surface area (Å²) in [5.74, 6) is 0.0850. The van der Waals surface area contributed by atoms with Crippen LogP contribution >= 0.6 is 11.6 Å². The van der Waals surface area contributed by atoms with Crippen LogP contribution in [0.5, 0.6) is 5.75 Å². The highest BCUT2D eigenvalue weighted by molar-refractivity contribution is 6.30. The monoisotopic (exact) mass is 492 g/mol. The topological polar surface area (TPSA) is 58.6 Å². The number of carbonyl (C=O) groups excluding carboxylic acids is 2. The number of benzene rings is 3. The highest BCUT2D eigenvalue weighted by atomic mass is 35.5. The van der Waals surface area contributed by atoms with Crippen molar-refractivity contribution in [1.29, 1.82) is 0 Å². The fraction of sp³-hybridized carbons (Fsp3) is 0.310. The molecular weight excluding hydrogens is 460 g/mol. The molecule has 0 saturated heterocycles. The number of hydrogen-bond donors (Lipinski definition) is 1. The maximum atomic E-state index is 13.5. The van der Waals surface area contributed by atoms with Crippen LogP contribution in [0, 0.1) is 0 Å². The lowest BCUT2D eigenvalue weighted by Gasteiger charge is -2.31. The molecule has 0 aliphatic heterocycles. The number of ether oxygens (including phenoxy) is 1. The van der Waals surface area contributed by atoms with E-state index in [9.17, 15) is 9.59 Å². The molecule has 2 amide bonds. The number of carbonyl (C=O) groups is 2. The van der Waals surface area contributed by atoms with E-state index < -0.39 is 6.04 Å². The molecule has 3 aromatic rings. The largest absolute Gasteiger partial charge is 0.484 e. The van der Waals surface area contributed by atoms with Gasteiger partial charge < -0.3 is 15.0 Å². The summed E-state index contributed by atoms with van der Waals surface area (Å²) in [7, 11) is 1.58. The van der Waals surface area contributed by atoms with Crippen molar-refractivity contribution in [1.82, 2.24) is 10.2 Å². The number of amides is 2. The van der Waals surface area contributed by atoms with Gasteiger partial charge in [0.2, 0.25) is 5.91 Å². The first-order valence-corrected chi connectivity index (χ1v) is 12.1. The molecule has 35 heavy (non-hydrogen) atoms. The molecule has 1 atom stereocenters. The zero-order valence-corrected chi connectivity index (χ0v) is 21.5. The van der Waals surface area contributed by atoms with Gasteiger partial charge in [0.15, 0.2) is 6.61 Å². The van der Waals surface area contributed by atoms with Crippen LogP contribution < -0.4 is 10.1 Å². The van der Waals surface area contributed by atoms with Crippen molar-refractivity contribution in [2.24, 2.45) is 0 Å². The Morgan fingerprint density at radius 3 is 2.20 bits per heavy atom. The summed E-state index contributed by atoms with van der Waals surface area (Å²) >= 11 is 6.19. The summed E-state index contributed by atoms with van der Waals surface area (Å²) in [5.41, 5.74) is 3.01. The number of rotatable bonds is 9. The van der Waals surface area contributed by atoms with Gasteiger partial charge in [-0.1, -0.05) is 87.0 Å². The second-order valence-electron chi connectivity index (χ2n) is 9.53. The van der Waals surface area contributed by atoms with Gasteiger partial charge >= 0.3 is 0 Å². The van der Waals surface area contributed by atoms with Crippen molar-refractivity contribution in [3.05, 3.63) is 101 Å². The van der Waals surface area contributed by atoms with Crippen molar-refractivity contribution in [3.8, 4) is 5.75 Å². The molecule has 1 unspecified atom stereocenters. The average molecular weight is 493 g/mol. The lowest BCUT2D eigenvalue weighted by molar-refractivity contribution is -0.142. The Labute approximate surface area is 213 Å². The molecule has 3 rings (SSSR count). The van der Waals surface area contributed by atoms with E-state index in [1.54, 1.807) is 24.1 Å². The van der Waals surface area contributed by atoms with Gasteiger partial charge in [-0.2, -0.15) is 0 Å². The third-order valence-corrected chi connectivity index (χ3v) is 6.08. The molecule has 5 nitrogen and oxygen atoms in total. The quantitative estimate of drug-likeness (QED) is 0.435. The number of nitrogens with one attached hydrogen (secondary N) is 1. The average Bonchev–Trinajstić information content (AvgIpc) is 2.84. The van der Waals surface area contributed by atoms with E-state index in [1.807, 2.05) is 66.7 Å². The minimum atomic E-state index is -0.708. The van der Waals surface area contributed by atoms with Gasteiger partial charge in [0, 0.05) is 25.0 Å². The van der Waals surface area contributed by atoms with E-state index in [0.717, 1.165) is 11.1 Å². The fourth-order valence-corrected chi connectivity index (χ4v) is 4.04. The molecule has 0 spiro atoms. The SMILES string of the molecule is CNC(=O)C(Cc1ccccc1)N(Cc1cccc(Cl)c1)C(=O)COc1ccc(C(C)(C)C)cc1. The maximum absolute atomic E-state index is 13.5. The molecule has 1 N–H and O–H groups in total. The Hall–Kier alpha value is -3.31. The first kappa shape index (κ1) is 26.3. The van der Waals surface area contributed by atoms with Crippen molar-refractivity contribution < 1.29 is 14.3 Å². The van der Waals surface area contributed by atoms with Crippen LogP contribution in [0.3, 0.4) is 0 Å². The van der Waals surface area contributed by atoms with Crippen molar-refractivity contribution >= 4 is 23.4 Å². The molecule has 184 valence electrons. The minimum absolute atomic E-state index is 0.0281. The standard InChI is InChI=1S/C29H33ClN2O3/c1-29(2,3)23-13-15-25(16-14-23)35-20-27(33)32(19-22-11-8-12-24(30)17-22)26(28(34)31-4)18-21-9-6-5-7-10-21/h5-17,26H,18-20H2,1-4H3,(H,31,34). The van der Waals surface area contributed by atoms with Gasteiger partial charge in [-0.25, -0.2) is 0 Å². The van der Waals surface area contributed by atoms with Crippen LogP contribution in [-0.2, 0) is 28.0 Å². The molecule has 0 aliphatic carbocycles. The van der Waals surface area contributed by atoms with Crippen LogP contribution in [-0.4, -0.2) is 36.4 Å². The van der Waals surface area contributed by atoms with Crippen LogP contribution in [0.2, 0.25) is 5.02 Å². The molecule has 0 saturated carbocycles. The summed E-state index contributed by atoms with van der Waals surface area (Å²) < 4.78 is 5.84. The van der Waals surface area contributed by atoms with Gasteiger partial charge in [0.1, 0.15) is 11.8 Å². The maximum Gasteiger partial charge on any atom is 0.261 e. The summed E-state index contributed by atoms with van der Waals surface area (Å²) in [6.07, 6.45) is 0.382. The van der Waals surface area contributed by atoms with E-state index in [-0.39, 0.29) is 30.4 Å². The molecule has 0 aromatic heterocycles. The third-order valence-electron chi connectivity index (χ3n) is 5.84. The Bertz CT molecular complexity index is 1120. The lowest BCUT2D eigenvalue weighted by atomic mass is 9.87. The van der Waals surface area contributed by atoms with E-state index in [0.29, 0.717) is 17.2 Å². The summed E-state index contributed by atoms with van der Waals surface area (Å²) in [6.45, 7) is 6.48. The first-order chi connectivity index (χ1) is 16.7. The van der Waals surface area contributed by atoms with E-state index in [1.165, 1.54) is 5.56 Å². The fourth-order valence-electron chi connectivity index (χ4n) is 3.83. The van der Waals surface area contributed by atoms with Crippen LogP contribution in [0.15, 0.2) is 78.9 Å². The van der Waals surface area contributed by atoms with Gasteiger partial charge in [0.25, 0.3) is 5.91 Å². The third kappa shape index (κ3) is 7.59. The number of hydrogen-bond acceptors (Lipinski definition) is 3. The molecule has 3 aromatic carbocycles. The first-order valence-electron chi connectivity index (χ1n) is 11.7. The van der Waals surface area contributed by atoms with Crippen LogP contribution in [0.25, 0.3) is 0 Å². The Kier molecular flexibility index (Phi) is 8.94. The summed E-state index contributed by atoms with van der Waals surface area (Å²) in [6, 6.07) is 24.0. The summed E-state index contributed by atoms with van der Waals surface area (Å²) in [5, 5.41) is 3.29. The van der Waals surface area contributed by atoms with Crippen LogP contribution in [0.4, 0.5) is 0 Å². The van der Waals surface area contributed by atoms with E-state index in [2.05, 4.69) is 26.1 Å². The molecule has 0 fully saturated rings. The normalized spacial score (nSPS) is 12.0. The van der Waals surface area contributed by atoms with Crippen molar-refractivity contribution in [3.63, 3.8) is 0 Å². The van der Waals surface area contributed by atoms with Crippen molar-refractivity contribution in [2.45, 2.75) is 45.2 Å². The zero-order valence-electron chi connectivity index (χ0n) is 20.8. The molecule has 6 heteroatoms. The zero-order chi connectivity index (χ0) is 25.4. The van der Waals surface area contributed by atoms with Gasteiger partial charge in [-0.05, 0) is 46.4 Å². The number of nitrogens with zero attached hydrogens (tertiary/aromatic N) is 1. The molecule has 0 radical (unpaired) electrons. The number of likely N-dealkylation sites (N-methyl/N-ethyl adjacent to an activating group) is 1. The molecular formula is C29H33ClN2O3. The second-order valence-corrected chi connectivity index (χ2v) is 9.97. The minimum Gasteiger partial charge on any atom is -0.484 e. The highest BCUT2D eigenvalue weighted by Gasteiger charge is 2.30. The van der Waals surface area contributed by atoms with Gasteiger partial charge in [-0.15, -0.1) is 0 Å². The molecule has 0 bridgehead atoms. The van der Waals surface area contributed by atoms with Crippen LogP contribution in [0.1, 0.15) is 37.5 Å². The molecule has 0 aliphatic rings. The second kappa shape index (κ2) is 11.9. The number of halogens is 1. The summed E-state index contributed by atoms with van der Waals surface area (Å²) in [4.78, 5) is 28.0. The smallest absolute Gasteiger partial charge is 0.261 e. The van der Waals surface area contributed by atoms with E-state index >= 15 is 0 Å². The Morgan fingerprint density at radius 2 is 1.60 bits per heavy atom. The lowest BCUT2D eigenvalue weighted by Crippen LogP contribution is -2.51. The highest BCUT2D eigenvalue weighted by Crippen LogP contribution is 2.24.